The van der Waals surface area contributed by atoms with Gasteiger partial charge in [0.1, 0.15) is 0 Å². The van der Waals surface area contributed by atoms with E-state index in [1.54, 1.807) is 24.5 Å². The first-order valence-corrected chi connectivity index (χ1v) is 6.73. The van der Waals surface area contributed by atoms with E-state index in [9.17, 15) is 14.9 Å². The van der Waals surface area contributed by atoms with Gasteiger partial charge in [0.05, 0.1) is 4.92 Å². The monoisotopic (exact) mass is 317 g/mol. The van der Waals surface area contributed by atoms with Gasteiger partial charge in [0.15, 0.2) is 0 Å². The van der Waals surface area contributed by atoms with Crippen molar-refractivity contribution >= 4 is 29.3 Å². The molecule has 1 aromatic carbocycles. The molecule has 0 fully saturated rings. The van der Waals surface area contributed by atoms with E-state index in [1.165, 1.54) is 24.3 Å². The molecule has 7 heteroatoms. The first kappa shape index (κ1) is 15.7. The molecular formula is C15H12ClN3O3. The molecule has 22 heavy (non-hydrogen) atoms. The van der Waals surface area contributed by atoms with E-state index in [0.29, 0.717) is 10.6 Å². The molecule has 0 bridgehead atoms. The fraction of sp³-hybridized carbons (Fsp3) is 0.0667. The number of carbonyl (C=O) groups is 1. The van der Waals surface area contributed by atoms with Crippen molar-refractivity contribution in [2.75, 3.05) is 0 Å². The summed E-state index contributed by atoms with van der Waals surface area (Å²) in [5.74, 6) is -0.327. The Morgan fingerprint density at radius 3 is 2.91 bits per heavy atom. The molecule has 112 valence electrons. The smallest absolute Gasteiger partial charge is 0.269 e. The van der Waals surface area contributed by atoms with Crippen molar-refractivity contribution < 1.29 is 9.72 Å². The molecule has 1 amide bonds. The van der Waals surface area contributed by atoms with Gasteiger partial charge in [-0.3, -0.25) is 19.9 Å². The summed E-state index contributed by atoms with van der Waals surface area (Å²) in [5.41, 5.74) is 1.21. The van der Waals surface area contributed by atoms with E-state index < -0.39 is 4.92 Å². The Labute approximate surface area is 131 Å². The number of hydrogen-bond donors (Lipinski definition) is 1. The Hall–Kier alpha value is -2.73. The summed E-state index contributed by atoms with van der Waals surface area (Å²) < 4.78 is 0. The van der Waals surface area contributed by atoms with Crippen molar-refractivity contribution in [2.45, 2.75) is 6.54 Å². The maximum absolute atomic E-state index is 11.7. The Balaban J connectivity index is 1.98. The van der Waals surface area contributed by atoms with Crippen LogP contribution in [-0.2, 0) is 11.3 Å². The predicted octanol–water partition coefficient (Wildman–Crippen LogP) is 2.97. The summed E-state index contributed by atoms with van der Waals surface area (Å²) in [6, 6.07) is 7.67. The maximum atomic E-state index is 11.7. The molecule has 0 aliphatic rings. The van der Waals surface area contributed by atoms with Crippen LogP contribution < -0.4 is 5.32 Å². The van der Waals surface area contributed by atoms with Gasteiger partial charge in [-0.2, -0.15) is 0 Å². The van der Waals surface area contributed by atoms with Gasteiger partial charge >= 0.3 is 0 Å². The van der Waals surface area contributed by atoms with Crippen LogP contribution in [0.15, 0.2) is 48.8 Å². The molecule has 0 spiro atoms. The zero-order valence-electron chi connectivity index (χ0n) is 11.4. The molecule has 0 aliphatic heterocycles. The number of nitro benzene ring substituents is 1. The average molecular weight is 318 g/mol. The van der Waals surface area contributed by atoms with E-state index in [4.69, 9.17) is 11.6 Å². The van der Waals surface area contributed by atoms with Crippen molar-refractivity contribution in [1.29, 1.82) is 0 Å². The normalized spacial score (nSPS) is 10.6. The molecule has 2 aromatic rings. The van der Waals surface area contributed by atoms with Crippen molar-refractivity contribution in [2.24, 2.45) is 0 Å². The van der Waals surface area contributed by atoms with Crippen LogP contribution in [0.5, 0.6) is 0 Å². The fourth-order valence-electron chi connectivity index (χ4n) is 1.70. The molecule has 2 rings (SSSR count). The Morgan fingerprint density at radius 2 is 2.23 bits per heavy atom. The van der Waals surface area contributed by atoms with Crippen LogP contribution in [0.1, 0.15) is 11.1 Å². The molecule has 0 aliphatic carbocycles. The number of pyridine rings is 1. The molecule has 0 saturated carbocycles. The van der Waals surface area contributed by atoms with E-state index in [2.05, 4.69) is 10.3 Å². The van der Waals surface area contributed by atoms with E-state index in [1.807, 2.05) is 6.07 Å². The topological polar surface area (TPSA) is 85.1 Å². The first-order chi connectivity index (χ1) is 10.6. The van der Waals surface area contributed by atoms with Gasteiger partial charge in [0.2, 0.25) is 5.91 Å². The van der Waals surface area contributed by atoms with Gasteiger partial charge in [-0.1, -0.05) is 17.7 Å². The second-order valence-corrected chi connectivity index (χ2v) is 4.78. The van der Waals surface area contributed by atoms with E-state index in [0.717, 1.165) is 5.56 Å². The van der Waals surface area contributed by atoms with Crippen molar-refractivity contribution in [3.05, 3.63) is 75.1 Å². The lowest BCUT2D eigenvalue weighted by molar-refractivity contribution is -0.384. The van der Waals surface area contributed by atoms with Crippen LogP contribution in [-0.4, -0.2) is 15.8 Å². The second kappa shape index (κ2) is 7.33. The quantitative estimate of drug-likeness (QED) is 0.522. The van der Waals surface area contributed by atoms with Crippen molar-refractivity contribution in [3.63, 3.8) is 0 Å². The molecular weight excluding hydrogens is 306 g/mol. The van der Waals surface area contributed by atoms with Crippen molar-refractivity contribution in [3.8, 4) is 0 Å². The Morgan fingerprint density at radius 1 is 1.41 bits per heavy atom. The van der Waals surface area contributed by atoms with Gasteiger partial charge in [-0.05, 0) is 29.3 Å². The summed E-state index contributed by atoms with van der Waals surface area (Å²) >= 11 is 5.96. The van der Waals surface area contributed by atoms with E-state index in [-0.39, 0.29) is 18.1 Å². The molecule has 0 unspecified atom stereocenters. The zero-order chi connectivity index (χ0) is 15.9. The highest BCUT2D eigenvalue weighted by molar-refractivity contribution is 6.31. The minimum absolute atomic E-state index is 0.0699. The molecule has 6 nitrogen and oxygen atoms in total. The predicted molar refractivity (Wildman–Crippen MR) is 83.2 cm³/mol. The number of nitrogens with zero attached hydrogens (tertiary/aromatic N) is 2. The molecule has 0 saturated heterocycles. The van der Waals surface area contributed by atoms with Crippen LogP contribution >= 0.6 is 11.6 Å². The lowest BCUT2D eigenvalue weighted by Crippen LogP contribution is -2.20. The number of hydrogen-bond acceptors (Lipinski definition) is 4. The molecule has 1 N–H and O–H groups in total. The van der Waals surface area contributed by atoms with E-state index >= 15 is 0 Å². The summed E-state index contributed by atoms with van der Waals surface area (Å²) in [4.78, 5) is 25.9. The Kier molecular flexibility index (Phi) is 5.21. The number of amides is 1. The SMILES string of the molecule is O=C(C=Cc1cccnc1)NCc1cc([N+](=O)[O-])ccc1Cl. The highest BCUT2D eigenvalue weighted by atomic mass is 35.5. The highest BCUT2D eigenvalue weighted by Gasteiger charge is 2.10. The lowest BCUT2D eigenvalue weighted by Gasteiger charge is -2.05. The summed E-state index contributed by atoms with van der Waals surface area (Å²) in [7, 11) is 0. The molecule has 0 radical (unpaired) electrons. The van der Waals surface area contributed by atoms with Crippen LogP contribution in [0.2, 0.25) is 5.02 Å². The largest absolute Gasteiger partial charge is 0.348 e. The molecule has 0 atom stereocenters. The number of aromatic nitrogens is 1. The van der Waals surface area contributed by atoms with Gasteiger partial charge in [-0.25, -0.2) is 0 Å². The molecule has 1 aromatic heterocycles. The Bertz CT molecular complexity index is 717. The first-order valence-electron chi connectivity index (χ1n) is 6.35. The number of benzene rings is 1. The fourth-order valence-corrected chi connectivity index (χ4v) is 1.88. The maximum Gasteiger partial charge on any atom is 0.269 e. The van der Waals surface area contributed by atoms with Crippen LogP contribution in [0.25, 0.3) is 6.08 Å². The number of non-ortho nitro benzene ring substituents is 1. The highest BCUT2D eigenvalue weighted by Crippen LogP contribution is 2.21. The third-order valence-electron chi connectivity index (χ3n) is 2.80. The van der Waals surface area contributed by atoms with Gasteiger partial charge in [0, 0.05) is 42.2 Å². The number of nitrogens with one attached hydrogen (secondary N) is 1. The van der Waals surface area contributed by atoms with Gasteiger partial charge in [0.25, 0.3) is 5.69 Å². The van der Waals surface area contributed by atoms with Crippen molar-refractivity contribution in [1.82, 2.24) is 10.3 Å². The minimum atomic E-state index is -0.510. The number of nitro groups is 1. The minimum Gasteiger partial charge on any atom is -0.348 e. The van der Waals surface area contributed by atoms with Gasteiger partial charge < -0.3 is 5.32 Å². The second-order valence-electron chi connectivity index (χ2n) is 4.37. The summed E-state index contributed by atoms with van der Waals surface area (Å²) in [6.07, 6.45) is 6.25. The standard InChI is InChI=1S/C15H12ClN3O3/c16-14-5-4-13(19(21)22)8-12(14)10-18-15(20)6-3-11-2-1-7-17-9-11/h1-9H,10H2,(H,18,20). The van der Waals surface area contributed by atoms with Crippen LogP contribution in [0.3, 0.4) is 0 Å². The summed E-state index contributed by atoms with van der Waals surface area (Å²) in [6.45, 7) is 0.108. The van der Waals surface area contributed by atoms with Crippen LogP contribution in [0.4, 0.5) is 5.69 Å². The van der Waals surface area contributed by atoms with Gasteiger partial charge in [-0.15, -0.1) is 0 Å². The number of halogens is 1. The summed E-state index contributed by atoms with van der Waals surface area (Å²) in [5, 5.41) is 13.7. The van der Waals surface area contributed by atoms with Crippen LogP contribution in [0, 0.1) is 10.1 Å². The third-order valence-corrected chi connectivity index (χ3v) is 3.17. The average Bonchev–Trinajstić information content (AvgIpc) is 2.53. The third kappa shape index (κ3) is 4.39. The molecule has 1 heterocycles. The number of rotatable bonds is 5. The lowest BCUT2D eigenvalue weighted by atomic mass is 10.2. The zero-order valence-corrected chi connectivity index (χ0v) is 12.2. The number of carbonyl (C=O) groups excluding carboxylic acids is 1.